The minimum absolute atomic E-state index is 0.290. The van der Waals surface area contributed by atoms with E-state index in [-0.39, 0.29) is 11.3 Å². The Bertz CT molecular complexity index is 666. The van der Waals surface area contributed by atoms with E-state index in [4.69, 9.17) is 4.74 Å². The summed E-state index contributed by atoms with van der Waals surface area (Å²) in [5.74, 6) is 0.354. The van der Waals surface area contributed by atoms with Crippen LogP contribution in [0.25, 0.3) is 0 Å². The number of aliphatic imine (C=N–C) groups is 1. The fourth-order valence-electron chi connectivity index (χ4n) is 1.74. The van der Waals surface area contributed by atoms with Crippen LogP contribution in [0.2, 0.25) is 0 Å². The summed E-state index contributed by atoms with van der Waals surface area (Å²) in [6.07, 6.45) is 1.39. The smallest absolute Gasteiger partial charge is 0.311 e. The largest absolute Gasteiger partial charge is 0.502 e. The van der Waals surface area contributed by atoms with Crippen molar-refractivity contribution in [2.75, 3.05) is 6.61 Å². The highest BCUT2D eigenvalue weighted by molar-refractivity contribution is 5.87. The highest BCUT2D eigenvalue weighted by Crippen LogP contribution is 2.28. The van der Waals surface area contributed by atoms with Crippen molar-refractivity contribution < 1.29 is 14.8 Å². The number of nitrogens with zero attached hydrogens (tertiary/aromatic N) is 2. The molecule has 0 bridgehead atoms. The molecule has 0 saturated heterocycles. The summed E-state index contributed by atoms with van der Waals surface area (Å²) in [5.41, 5.74) is 0.605. The zero-order valence-electron chi connectivity index (χ0n) is 11.4. The molecular weight excluding hydrogens is 272 g/mol. The fraction of sp³-hybridized carbons (Fsp3) is 0.133. The monoisotopic (exact) mass is 286 g/mol. The van der Waals surface area contributed by atoms with E-state index in [1.54, 1.807) is 30.3 Å². The average molecular weight is 286 g/mol. The lowest BCUT2D eigenvalue weighted by Gasteiger charge is -2.02. The molecule has 6 heteroatoms. The number of rotatable bonds is 5. The summed E-state index contributed by atoms with van der Waals surface area (Å²) >= 11 is 0. The molecule has 0 radical (unpaired) electrons. The van der Waals surface area contributed by atoms with E-state index in [0.717, 1.165) is 5.75 Å². The molecule has 0 unspecified atom stereocenters. The standard InChI is InChI=1S/C15H14N2O4/c1-2-21-13-8-6-12(7-9-13)16-10-11-4-3-5-14(15(11)18)17(19)20/h3-10,18H,2H2,1H3. The van der Waals surface area contributed by atoms with E-state index in [2.05, 4.69) is 4.99 Å². The van der Waals surface area contributed by atoms with Gasteiger partial charge >= 0.3 is 5.69 Å². The van der Waals surface area contributed by atoms with Gasteiger partial charge in [0.25, 0.3) is 0 Å². The second kappa shape index (κ2) is 6.51. The Morgan fingerprint density at radius 1 is 1.29 bits per heavy atom. The van der Waals surface area contributed by atoms with Gasteiger partial charge in [0.05, 0.1) is 17.2 Å². The van der Waals surface area contributed by atoms with Crippen molar-refractivity contribution in [3.05, 3.63) is 58.1 Å². The molecule has 108 valence electrons. The van der Waals surface area contributed by atoms with Crippen molar-refractivity contribution in [1.82, 2.24) is 0 Å². The number of benzene rings is 2. The van der Waals surface area contributed by atoms with Crippen LogP contribution in [0.4, 0.5) is 11.4 Å². The van der Waals surface area contributed by atoms with Crippen molar-refractivity contribution in [3.8, 4) is 11.5 Å². The van der Waals surface area contributed by atoms with E-state index in [9.17, 15) is 15.2 Å². The molecule has 2 aromatic carbocycles. The normalized spacial score (nSPS) is 10.7. The molecule has 0 saturated carbocycles. The number of phenols is 1. The fourth-order valence-corrected chi connectivity index (χ4v) is 1.74. The molecule has 1 N–H and O–H groups in total. The summed E-state index contributed by atoms with van der Waals surface area (Å²) < 4.78 is 5.32. The summed E-state index contributed by atoms with van der Waals surface area (Å²) in [6.45, 7) is 2.49. The maximum Gasteiger partial charge on any atom is 0.311 e. The Morgan fingerprint density at radius 3 is 2.62 bits per heavy atom. The predicted molar refractivity (Wildman–Crippen MR) is 79.6 cm³/mol. The van der Waals surface area contributed by atoms with Gasteiger partial charge in [-0.05, 0) is 37.3 Å². The van der Waals surface area contributed by atoms with Crippen LogP contribution in [0.1, 0.15) is 12.5 Å². The molecule has 0 aliphatic carbocycles. The molecule has 0 heterocycles. The molecule has 0 atom stereocenters. The maximum absolute atomic E-state index is 10.7. The Labute approximate surface area is 121 Å². The maximum atomic E-state index is 10.7. The van der Waals surface area contributed by atoms with Crippen molar-refractivity contribution in [1.29, 1.82) is 0 Å². The first kappa shape index (κ1) is 14.5. The predicted octanol–water partition coefficient (Wildman–Crippen LogP) is 3.45. The lowest BCUT2D eigenvalue weighted by atomic mass is 10.2. The van der Waals surface area contributed by atoms with E-state index in [0.29, 0.717) is 12.3 Å². The third-order valence-electron chi connectivity index (χ3n) is 2.74. The minimum atomic E-state index is -0.635. The minimum Gasteiger partial charge on any atom is -0.502 e. The molecule has 2 aromatic rings. The van der Waals surface area contributed by atoms with Gasteiger partial charge in [-0.2, -0.15) is 0 Å². The van der Waals surface area contributed by atoms with Crippen LogP contribution in [0.3, 0.4) is 0 Å². The third kappa shape index (κ3) is 3.56. The van der Waals surface area contributed by atoms with E-state index < -0.39 is 10.7 Å². The lowest BCUT2D eigenvalue weighted by molar-refractivity contribution is -0.385. The van der Waals surface area contributed by atoms with Crippen molar-refractivity contribution in [3.63, 3.8) is 0 Å². The van der Waals surface area contributed by atoms with Gasteiger partial charge in [0, 0.05) is 17.8 Å². The van der Waals surface area contributed by atoms with Crippen LogP contribution >= 0.6 is 0 Å². The summed E-state index contributed by atoms with van der Waals surface area (Å²) in [7, 11) is 0. The molecule has 0 aliphatic rings. The zero-order chi connectivity index (χ0) is 15.2. The lowest BCUT2D eigenvalue weighted by Crippen LogP contribution is -1.91. The highest BCUT2D eigenvalue weighted by Gasteiger charge is 2.14. The summed E-state index contributed by atoms with van der Waals surface area (Å²) in [6, 6.07) is 11.4. The summed E-state index contributed by atoms with van der Waals surface area (Å²) in [4.78, 5) is 14.3. The number of phenolic OH excluding ortho intramolecular Hbond substituents is 1. The number of hydrogen-bond acceptors (Lipinski definition) is 5. The number of aromatic hydroxyl groups is 1. The number of nitro groups is 1. The van der Waals surface area contributed by atoms with Gasteiger partial charge in [-0.1, -0.05) is 6.07 Å². The van der Waals surface area contributed by atoms with Gasteiger partial charge in [-0.3, -0.25) is 15.1 Å². The van der Waals surface area contributed by atoms with Crippen LogP contribution in [0, 0.1) is 10.1 Å². The van der Waals surface area contributed by atoms with Gasteiger partial charge in [0.1, 0.15) is 5.75 Å². The van der Waals surface area contributed by atoms with Crippen LogP contribution in [0.15, 0.2) is 47.5 Å². The highest BCUT2D eigenvalue weighted by atomic mass is 16.6. The SMILES string of the molecule is CCOc1ccc(N=Cc2cccc([N+](=O)[O-])c2O)cc1. The Hall–Kier alpha value is -2.89. The first-order valence-electron chi connectivity index (χ1n) is 6.35. The Balaban J connectivity index is 2.21. The Morgan fingerprint density at radius 2 is 2.00 bits per heavy atom. The van der Waals surface area contributed by atoms with E-state index in [1.165, 1.54) is 18.3 Å². The van der Waals surface area contributed by atoms with Gasteiger partial charge in [-0.15, -0.1) is 0 Å². The molecule has 0 amide bonds. The average Bonchev–Trinajstić information content (AvgIpc) is 2.48. The number of ether oxygens (including phenoxy) is 1. The first-order valence-corrected chi connectivity index (χ1v) is 6.35. The molecule has 0 aliphatic heterocycles. The van der Waals surface area contributed by atoms with Crippen LogP contribution < -0.4 is 4.74 Å². The van der Waals surface area contributed by atoms with E-state index in [1.807, 2.05) is 6.92 Å². The molecular formula is C15H14N2O4. The molecule has 0 aromatic heterocycles. The first-order chi connectivity index (χ1) is 10.1. The van der Waals surface area contributed by atoms with Crippen LogP contribution in [-0.4, -0.2) is 22.9 Å². The van der Waals surface area contributed by atoms with Crippen molar-refractivity contribution in [2.45, 2.75) is 6.92 Å². The van der Waals surface area contributed by atoms with Crippen molar-refractivity contribution in [2.24, 2.45) is 4.99 Å². The number of para-hydroxylation sites is 1. The molecule has 21 heavy (non-hydrogen) atoms. The second-order valence-corrected chi connectivity index (χ2v) is 4.16. The van der Waals surface area contributed by atoms with Crippen molar-refractivity contribution >= 4 is 17.6 Å². The van der Waals surface area contributed by atoms with Gasteiger partial charge < -0.3 is 9.84 Å². The molecule has 0 fully saturated rings. The molecule has 6 nitrogen and oxygen atoms in total. The topological polar surface area (TPSA) is 85.0 Å². The quantitative estimate of drug-likeness (QED) is 0.518. The molecule has 0 spiro atoms. The van der Waals surface area contributed by atoms with E-state index >= 15 is 0 Å². The van der Waals surface area contributed by atoms with Gasteiger partial charge in [0.15, 0.2) is 0 Å². The van der Waals surface area contributed by atoms with Crippen LogP contribution in [0.5, 0.6) is 11.5 Å². The summed E-state index contributed by atoms with van der Waals surface area (Å²) in [5, 5.41) is 20.5. The number of hydrogen-bond donors (Lipinski definition) is 1. The van der Waals surface area contributed by atoms with Crippen LogP contribution in [-0.2, 0) is 0 Å². The number of nitro benzene ring substituents is 1. The molecule has 2 rings (SSSR count). The van der Waals surface area contributed by atoms with Gasteiger partial charge in [0.2, 0.25) is 5.75 Å². The Kier molecular flexibility index (Phi) is 4.50. The third-order valence-corrected chi connectivity index (χ3v) is 2.74. The second-order valence-electron chi connectivity index (χ2n) is 4.16. The zero-order valence-corrected chi connectivity index (χ0v) is 11.4. The van der Waals surface area contributed by atoms with Gasteiger partial charge in [-0.25, -0.2) is 0 Å².